The van der Waals surface area contributed by atoms with E-state index in [1.807, 2.05) is 0 Å². The van der Waals surface area contributed by atoms with E-state index in [0.717, 1.165) is 38.5 Å². The van der Waals surface area contributed by atoms with E-state index in [9.17, 15) is 13.6 Å². The van der Waals surface area contributed by atoms with Gasteiger partial charge in [-0.05, 0) is 37.1 Å². The summed E-state index contributed by atoms with van der Waals surface area (Å²) >= 11 is 0. The number of carboxylic acids is 1. The lowest BCUT2D eigenvalue weighted by Crippen LogP contribution is -1.99. The molecule has 124 valence electrons. The van der Waals surface area contributed by atoms with E-state index in [-0.39, 0.29) is 12.0 Å². The summed E-state index contributed by atoms with van der Waals surface area (Å²) in [7, 11) is 0. The monoisotopic (exact) mass is 314 g/mol. The lowest BCUT2D eigenvalue weighted by Gasteiger charge is -2.06. The SMILES string of the molecule is O=C(O)c1ccc(OCCCCCCCCCC(F)F)cc1. The maximum atomic E-state index is 11.9. The molecule has 22 heavy (non-hydrogen) atoms. The number of halogens is 2. The highest BCUT2D eigenvalue weighted by Gasteiger charge is 2.02. The number of ether oxygens (including phenoxy) is 1. The van der Waals surface area contributed by atoms with Crippen LogP contribution in [0.25, 0.3) is 0 Å². The Balaban J connectivity index is 1.96. The van der Waals surface area contributed by atoms with Gasteiger partial charge in [-0.3, -0.25) is 0 Å². The number of hydrogen-bond acceptors (Lipinski definition) is 2. The minimum absolute atomic E-state index is 0.0223. The lowest BCUT2D eigenvalue weighted by atomic mass is 10.1. The maximum absolute atomic E-state index is 11.9. The van der Waals surface area contributed by atoms with Crippen LogP contribution in [0.15, 0.2) is 24.3 Å². The van der Waals surface area contributed by atoms with Gasteiger partial charge >= 0.3 is 5.97 Å². The molecule has 0 unspecified atom stereocenters. The topological polar surface area (TPSA) is 46.5 Å². The smallest absolute Gasteiger partial charge is 0.335 e. The number of unbranched alkanes of at least 4 members (excludes halogenated alkanes) is 6. The summed E-state index contributed by atoms with van der Waals surface area (Å²) in [6.45, 7) is 0.609. The fourth-order valence-corrected chi connectivity index (χ4v) is 2.17. The van der Waals surface area contributed by atoms with E-state index < -0.39 is 12.4 Å². The molecule has 0 bridgehead atoms. The molecule has 3 nitrogen and oxygen atoms in total. The van der Waals surface area contributed by atoms with E-state index in [1.54, 1.807) is 12.1 Å². The van der Waals surface area contributed by atoms with Gasteiger partial charge in [0.25, 0.3) is 0 Å². The van der Waals surface area contributed by atoms with E-state index in [1.165, 1.54) is 12.1 Å². The average Bonchev–Trinajstić information content (AvgIpc) is 2.49. The molecule has 0 saturated carbocycles. The van der Waals surface area contributed by atoms with E-state index >= 15 is 0 Å². The number of aromatic carboxylic acids is 1. The van der Waals surface area contributed by atoms with Crippen molar-refractivity contribution in [3.05, 3.63) is 29.8 Å². The third-order valence-electron chi connectivity index (χ3n) is 3.44. The summed E-state index contributed by atoms with van der Waals surface area (Å²) in [6.07, 6.45) is 4.55. The first-order chi connectivity index (χ1) is 10.6. The van der Waals surface area contributed by atoms with Crippen LogP contribution in [0, 0.1) is 0 Å². The minimum atomic E-state index is -2.17. The first-order valence-electron chi connectivity index (χ1n) is 7.84. The maximum Gasteiger partial charge on any atom is 0.335 e. The molecule has 0 radical (unpaired) electrons. The Morgan fingerprint density at radius 1 is 0.955 bits per heavy atom. The number of hydrogen-bond donors (Lipinski definition) is 1. The first-order valence-corrected chi connectivity index (χ1v) is 7.84. The predicted octanol–water partition coefficient (Wildman–Crippen LogP) is 5.15. The molecular weight excluding hydrogens is 290 g/mol. The molecule has 5 heteroatoms. The van der Waals surface area contributed by atoms with Gasteiger partial charge in [-0.25, -0.2) is 13.6 Å². The van der Waals surface area contributed by atoms with Crippen molar-refractivity contribution in [3.63, 3.8) is 0 Å². The molecule has 0 aliphatic rings. The second kappa shape index (κ2) is 11.0. The Labute approximate surface area is 130 Å². The minimum Gasteiger partial charge on any atom is -0.494 e. The van der Waals surface area contributed by atoms with Crippen molar-refractivity contribution in [2.24, 2.45) is 0 Å². The van der Waals surface area contributed by atoms with Gasteiger partial charge < -0.3 is 9.84 Å². The lowest BCUT2D eigenvalue weighted by molar-refractivity contribution is 0.0696. The van der Waals surface area contributed by atoms with Gasteiger partial charge in [0.2, 0.25) is 6.43 Å². The summed E-state index contributed by atoms with van der Waals surface area (Å²) in [6, 6.07) is 6.37. The van der Waals surface area contributed by atoms with Crippen LogP contribution in [-0.2, 0) is 0 Å². The average molecular weight is 314 g/mol. The fourth-order valence-electron chi connectivity index (χ4n) is 2.17. The normalized spacial score (nSPS) is 10.9. The summed E-state index contributed by atoms with van der Waals surface area (Å²) in [5.41, 5.74) is 0.249. The second-order valence-corrected chi connectivity index (χ2v) is 5.33. The molecule has 0 aromatic heterocycles. The quantitative estimate of drug-likeness (QED) is 0.543. The van der Waals surface area contributed by atoms with Crippen molar-refractivity contribution in [2.75, 3.05) is 6.61 Å². The Morgan fingerprint density at radius 3 is 2.05 bits per heavy atom. The van der Waals surface area contributed by atoms with Gasteiger partial charge in [0.15, 0.2) is 0 Å². The summed E-state index contributed by atoms with van der Waals surface area (Å²) in [4.78, 5) is 10.7. The number of benzene rings is 1. The van der Waals surface area contributed by atoms with Gasteiger partial charge in [-0.2, -0.15) is 0 Å². The van der Waals surface area contributed by atoms with Gasteiger partial charge in [0.05, 0.1) is 12.2 Å². The molecule has 1 N–H and O–H groups in total. The molecule has 0 aliphatic heterocycles. The molecule has 0 amide bonds. The zero-order valence-electron chi connectivity index (χ0n) is 12.8. The third-order valence-corrected chi connectivity index (χ3v) is 3.44. The Kier molecular flexibility index (Phi) is 9.19. The highest BCUT2D eigenvalue weighted by Crippen LogP contribution is 2.14. The van der Waals surface area contributed by atoms with Crippen molar-refractivity contribution < 1.29 is 23.4 Å². The van der Waals surface area contributed by atoms with Gasteiger partial charge in [0.1, 0.15) is 5.75 Å². The predicted molar refractivity (Wildman–Crippen MR) is 81.8 cm³/mol. The van der Waals surface area contributed by atoms with Crippen molar-refractivity contribution in [1.82, 2.24) is 0 Å². The van der Waals surface area contributed by atoms with E-state index in [4.69, 9.17) is 9.84 Å². The number of carboxylic acid groups (broad SMARTS) is 1. The molecular formula is C17H24F2O3. The van der Waals surface area contributed by atoms with Gasteiger partial charge in [-0.1, -0.05) is 32.1 Å². The van der Waals surface area contributed by atoms with Crippen molar-refractivity contribution >= 4 is 5.97 Å². The summed E-state index contributed by atoms with van der Waals surface area (Å²) < 4.78 is 29.4. The Morgan fingerprint density at radius 2 is 1.50 bits per heavy atom. The van der Waals surface area contributed by atoms with Crippen LogP contribution >= 0.6 is 0 Å². The largest absolute Gasteiger partial charge is 0.494 e. The molecule has 0 saturated heterocycles. The van der Waals surface area contributed by atoms with Crippen LogP contribution in [-0.4, -0.2) is 24.1 Å². The zero-order chi connectivity index (χ0) is 16.2. The molecule has 1 rings (SSSR count). The Hall–Kier alpha value is -1.65. The molecule has 0 heterocycles. The summed E-state index contributed by atoms with van der Waals surface area (Å²) in [5, 5.41) is 8.78. The third kappa shape index (κ3) is 8.60. The number of carbonyl (C=O) groups is 1. The second-order valence-electron chi connectivity index (χ2n) is 5.33. The van der Waals surface area contributed by atoms with Crippen LogP contribution in [0.1, 0.15) is 61.7 Å². The van der Waals surface area contributed by atoms with Crippen LogP contribution in [0.3, 0.4) is 0 Å². The first kappa shape index (κ1) is 18.4. The molecule has 1 aromatic carbocycles. The standard InChI is InChI=1S/C17H24F2O3/c18-16(19)8-6-4-2-1-3-5-7-13-22-15-11-9-14(10-12-15)17(20)21/h9-12,16H,1-8,13H2,(H,20,21). The van der Waals surface area contributed by atoms with Crippen molar-refractivity contribution in [3.8, 4) is 5.75 Å². The molecule has 0 aliphatic carbocycles. The van der Waals surface area contributed by atoms with Gasteiger partial charge in [-0.15, -0.1) is 0 Å². The molecule has 1 aromatic rings. The van der Waals surface area contributed by atoms with Crippen LogP contribution in [0.4, 0.5) is 8.78 Å². The Bertz CT molecular complexity index is 418. The van der Waals surface area contributed by atoms with Crippen LogP contribution in [0.2, 0.25) is 0 Å². The number of alkyl halides is 2. The zero-order valence-corrected chi connectivity index (χ0v) is 12.8. The highest BCUT2D eigenvalue weighted by molar-refractivity contribution is 5.87. The fraction of sp³-hybridized carbons (Fsp3) is 0.588. The van der Waals surface area contributed by atoms with E-state index in [0.29, 0.717) is 18.8 Å². The van der Waals surface area contributed by atoms with Gasteiger partial charge in [0, 0.05) is 6.42 Å². The van der Waals surface area contributed by atoms with Crippen LogP contribution < -0.4 is 4.74 Å². The molecule has 0 fully saturated rings. The number of rotatable bonds is 12. The highest BCUT2D eigenvalue weighted by atomic mass is 19.3. The van der Waals surface area contributed by atoms with Crippen LogP contribution in [0.5, 0.6) is 5.75 Å². The molecule has 0 atom stereocenters. The van der Waals surface area contributed by atoms with Crippen molar-refractivity contribution in [2.45, 2.75) is 57.8 Å². The summed E-state index contributed by atoms with van der Waals surface area (Å²) in [5.74, 6) is -0.267. The molecule has 0 spiro atoms. The van der Waals surface area contributed by atoms with E-state index in [2.05, 4.69) is 0 Å². The van der Waals surface area contributed by atoms with Crippen molar-refractivity contribution in [1.29, 1.82) is 0 Å².